The molecule has 2 aromatic rings. The van der Waals surface area contributed by atoms with Crippen molar-refractivity contribution in [1.82, 2.24) is 24.3 Å². The zero-order chi connectivity index (χ0) is 14.5. The smallest absolute Gasteiger partial charge is 0.105 e. The molecule has 1 fully saturated rings. The summed E-state index contributed by atoms with van der Waals surface area (Å²) in [4.78, 5) is 13.5. The van der Waals surface area contributed by atoms with Crippen LogP contribution in [0.4, 0.5) is 0 Å². The topological polar surface area (TPSA) is 37.2 Å². The molecule has 0 bridgehead atoms. The summed E-state index contributed by atoms with van der Waals surface area (Å²) in [5.74, 6) is 1.10. The predicted molar refractivity (Wildman–Crippen MR) is 82.9 cm³/mol. The van der Waals surface area contributed by atoms with E-state index < -0.39 is 0 Å². The predicted octanol–water partition coefficient (Wildman–Crippen LogP) is 1.40. The van der Waals surface area contributed by atoms with Gasteiger partial charge in [-0.1, -0.05) is 6.07 Å². The fourth-order valence-corrected chi connectivity index (χ4v) is 2.81. The lowest BCUT2D eigenvalue weighted by molar-refractivity contribution is 0.124. The van der Waals surface area contributed by atoms with Crippen LogP contribution >= 0.6 is 0 Å². The van der Waals surface area contributed by atoms with Crippen LogP contribution in [-0.2, 0) is 13.1 Å². The summed E-state index contributed by atoms with van der Waals surface area (Å²) in [6.45, 7) is 9.79. The van der Waals surface area contributed by atoms with Crippen LogP contribution in [0.25, 0.3) is 0 Å². The maximum atomic E-state index is 4.27. The number of imidazole rings is 1. The zero-order valence-corrected chi connectivity index (χ0v) is 12.6. The highest BCUT2D eigenvalue weighted by molar-refractivity contribution is 5.08. The van der Waals surface area contributed by atoms with E-state index in [1.165, 1.54) is 5.56 Å². The maximum Gasteiger partial charge on any atom is 0.105 e. The van der Waals surface area contributed by atoms with E-state index in [1.807, 2.05) is 24.7 Å². The Bertz CT molecular complexity index is 543. The van der Waals surface area contributed by atoms with Gasteiger partial charge in [-0.25, -0.2) is 4.98 Å². The first-order valence-electron chi connectivity index (χ1n) is 7.62. The highest BCUT2D eigenvalue weighted by Crippen LogP contribution is 2.08. The molecule has 0 radical (unpaired) electrons. The van der Waals surface area contributed by atoms with Gasteiger partial charge >= 0.3 is 0 Å². The van der Waals surface area contributed by atoms with Crippen molar-refractivity contribution in [2.75, 3.05) is 32.7 Å². The first kappa shape index (κ1) is 14.2. The van der Waals surface area contributed by atoms with Gasteiger partial charge in [0.05, 0.1) is 0 Å². The van der Waals surface area contributed by atoms with Crippen molar-refractivity contribution in [1.29, 1.82) is 0 Å². The third-order valence-corrected chi connectivity index (χ3v) is 4.17. The SMILES string of the molecule is Cc1nccn1CCN1CCN(Cc2cccnc2)CC1. The molecule has 0 aliphatic carbocycles. The van der Waals surface area contributed by atoms with Gasteiger partial charge in [-0.2, -0.15) is 0 Å². The van der Waals surface area contributed by atoms with Crippen LogP contribution in [0.3, 0.4) is 0 Å². The molecule has 5 heteroatoms. The molecule has 0 unspecified atom stereocenters. The Morgan fingerprint density at radius 2 is 1.86 bits per heavy atom. The molecule has 0 aromatic carbocycles. The standard InChI is InChI=1S/C16H23N5/c1-15-18-5-6-21(15)12-11-19-7-9-20(10-8-19)14-16-3-2-4-17-13-16/h2-6,13H,7-12,14H2,1H3. The van der Waals surface area contributed by atoms with Crippen molar-refractivity contribution in [3.63, 3.8) is 0 Å². The van der Waals surface area contributed by atoms with Crippen LogP contribution in [0.15, 0.2) is 36.9 Å². The molecular formula is C16H23N5. The minimum atomic E-state index is 1.02. The van der Waals surface area contributed by atoms with Gasteiger partial charge in [0.25, 0.3) is 0 Å². The number of hydrogen-bond donors (Lipinski definition) is 0. The maximum absolute atomic E-state index is 4.27. The first-order chi connectivity index (χ1) is 10.3. The largest absolute Gasteiger partial charge is 0.334 e. The summed E-state index contributed by atoms with van der Waals surface area (Å²) in [7, 11) is 0. The van der Waals surface area contributed by atoms with Crippen LogP contribution in [0.5, 0.6) is 0 Å². The fraction of sp³-hybridized carbons (Fsp3) is 0.500. The molecule has 1 aliphatic rings. The number of hydrogen-bond acceptors (Lipinski definition) is 4. The molecule has 0 saturated carbocycles. The summed E-state index contributed by atoms with van der Waals surface area (Å²) in [5, 5.41) is 0. The lowest BCUT2D eigenvalue weighted by atomic mass is 10.2. The average Bonchev–Trinajstić information content (AvgIpc) is 2.93. The Kier molecular flexibility index (Phi) is 4.62. The van der Waals surface area contributed by atoms with E-state index in [2.05, 4.69) is 43.5 Å². The van der Waals surface area contributed by atoms with Gasteiger partial charge in [0.1, 0.15) is 5.82 Å². The van der Waals surface area contributed by atoms with Crippen LogP contribution in [0.1, 0.15) is 11.4 Å². The molecule has 0 spiro atoms. The second-order valence-corrected chi connectivity index (χ2v) is 5.65. The van der Waals surface area contributed by atoms with Gasteiger partial charge in [0, 0.05) is 70.6 Å². The molecule has 0 N–H and O–H groups in total. The molecule has 21 heavy (non-hydrogen) atoms. The van der Waals surface area contributed by atoms with E-state index in [9.17, 15) is 0 Å². The summed E-state index contributed by atoms with van der Waals surface area (Å²) in [6.07, 6.45) is 7.74. The van der Waals surface area contributed by atoms with Gasteiger partial charge in [0.15, 0.2) is 0 Å². The Balaban J connectivity index is 1.42. The average molecular weight is 285 g/mol. The third-order valence-electron chi connectivity index (χ3n) is 4.17. The summed E-state index contributed by atoms with van der Waals surface area (Å²) < 4.78 is 2.22. The summed E-state index contributed by atoms with van der Waals surface area (Å²) >= 11 is 0. The highest BCUT2D eigenvalue weighted by Gasteiger charge is 2.16. The third kappa shape index (κ3) is 3.89. The molecular weight excluding hydrogens is 262 g/mol. The first-order valence-corrected chi connectivity index (χ1v) is 7.62. The summed E-state index contributed by atoms with van der Waals surface area (Å²) in [5.41, 5.74) is 1.31. The molecule has 3 rings (SSSR count). The van der Waals surface area contributed by atoms with Crippen molar-refractivity contribution < 1.29 is 0 Å². The van der Waals surface area contributed by atoms with E-state index in [-0.39, 0.29) is 0 Å². The van der Waals surface area contributed by atoms with Gasteiger partial charge in [0.2, 0.25) is 0 Å². The van der Waals surface area contributed by atoms with E-state index >= 15 is 0 Å². The normalized spacial score (nSPS) is 17.2. The Hall–Kier alpha value is -1.72. The van der Waals surface area contributed by atoms with Crippen LogP contribution in [0, 0.1) is 6.92 Å². The van der Waals surface area contributed by atoms with Crippen molar-refractivity contribution in [3.8, 4) is 0 Å². The molecule has 1 saturated heterocycles. The highest BCUT2D eigenvalue weighted by atomic mass is 15.3. The lowest BCUT2D eigenvalue weighted by Crippen LogP contribution is -2.46. The molecule has 0 atom stereocenters. The number of pyridine rings is 1. The number of rotatable bonds is 5. The number of nitrogens with zero attached hydrogens (tertiary/aromatic N) is 5. The second kappa shape index (κ2) is 6.83. The van der Waals surface area contributed by atoms with Crippen LogP contribution < -0.4 is 0 Å². The molecule has 3 heterocycles. The van der Waals surface area contributed by atoms with Crippen LogP contribution in [-0.4, -0.2) is 57.1 Å². The van der Waals surface area contributed by atoms with Crippen molar-refractivity contribution in [3.05, 3.63) is 48.3 Å². The Morgan fingerprint density at radius 1 is 1.05 bits per heavy atom. The van der Waals surface area contributed by atoms with Gasteiger partial charge in [-0.05, 0) is 18.6 Å². The van der Waals surface area contributed by atoms with Gasteiger partial charge in [-0.15, -0.1) is 0 Å². The molecule has 112 valence electrons. The molecule has 0 amide bonds. The van der Waals surface area contributed by atoms with E-state index in [4.69, 9.17) is 0 Å². The zero-order valence-electron chi connectivity index (χ0n) is 12.6. The minimum absolute atomic E-state index is 1.02. The Morgan fingerprint density at radius 3 is 2.52 bits per heavy atom. The number of aryl methyl sites for hydroxylation is 1. The van der Waals surface area contributed by atoms with Crippen molar-refractivity contribution in [2.24, 2.45) is 0 Å². The van der Waals surface area contributed by atoms with Crippen molar-refractivity contribution >= 4 is 0 Å². The second-order valence-electron chi connectivity index (χ2n) is 5.65. The van der Waals surface area contributed by atoms with E-state index in [0.717, 1.165) is 51.6 Å². The minimum Gasteiger partial charge on any atom is -0.334 e. The Labute approximate surface area is 126 Å². The number of piperazine rings is 1. The quantitative estimate of drug-likeness (QED) is 0.832. The van der Waals surface area contributed by atoms with Gasteiger partial charge in [-0.3, -0.25) is 14.8 Å². The van der Waals surface area contributed by atoms with Crippen molar-refractivity contribution in [2.45, 2.75) is 20.0 Å². The summed E-state index contributed by atoms with van der Waals surface area (Å²) in [6, 6.07) is 4.17. The monoisotopic (exact) mass is 285 g/mol. The van der Waals surface area contributed by atoms with E-state index in [0.29, 0.717) is 0 Å². The lowest BCUT2D eigenvalue weighted by Gasteiger charge is -2.34. The van der Waals surface area contributed by atoms with E-state index in [1.54, 1.807) is 0 Å². The fourth-order valence-electron chi connectivity index (χ4n) is 2.81. The van der Waals surface area contributed by atoms with Crippen LogP contribution in [0.2, 0.25) is 0 Å². The van der Waals surface area contributed by atoms with Gasteiger partial charge < -0.3 is 4.57 Å². The molecule has 1 aliphatic heterocycles. The number of aromatic nitrogens is 3. The molecule has 5 nitrogen and oxygen atoms in total. The molecule has 2 aromatic heterocycles.